The van der Waals surface area contributed by atoms with Crippen LogP contribution in [0.15, 0.2) is 60.7 Å². The molecule has 3 rings (SSSR count). The molecule has 0 atom stereocenters. The second kappa shape index (κ2) is 6.89. The van der Waals surface area contributed by atoms with Crippen LogP contribution in [0.4, 0.5) is 0 Å². The SMILES string of the molecule is CC1CCC(C(C)C)(P(=O)(c2ccccc2)c2ccccc2)CC1. The van der Waals surface area contributed by atoms with E-state index < -0.39 is 7.14 Å². The van der Waals surface area contributed by atoms with Gasteiger partial charge in [0.2, 0.25) is 0 Å². The quantitative estimate of drug-likeness (QED) is 0.662. The van der Waals surface area contributed by atoms with Crippen molar-refractivity contribution in [2.45, 2.75) is 51.6 Å². The van der Waals surface area contributed by atoms with Gasteiger partial charge in [0.05, 0.1) is 0 Å². The standard InChI is InChI=1S/C22H29OP/c1-18(2)22(16-14-19(3)15-17-22)24(23,20-10-6-4-7-11-20)21-12-8-5-9-13-21/h4-13,18-19H,14-17H2,1-3H3. The number of rotatable bonds is 4. The Kier molecular flexibility index (Phi) is 5.02. The summed E-state index contributed by atoms with van der Waals surface area (Å²) in [4.78, 5) is 0. The van der Waals surface area contributed by atoms with Crippen LogP contribution in [0.3, 0.4) is 0 Å². The van der Waals surface area contributed by atoms with Crippen LogP contribution >= 0.6 is 7.14 Å². The van der Waals surface area contributed by atoms with Crippen LogP contribution in [0.1, 0.15) is 46.5 Å². The summed E-state index contributed by atoms with van der Waals surface area (Å²) in [5.74, 6) is 1.15. The first-order valence-corrected chi connectivity index (χ1v) is 10.9. The Labute approximate surface area is 146 Å². The molecule has 0 spiro atoms. The van der Waals surface area contributed by atoms with Gasteiger partial charge in [-0.2, -0.15) is 0 Å². The molecular weight excluding hydrogens is 311 g/mol. The molecule has 0 radical (unpaired) electrons. The molecule has 24 heavy (non-hydrogen) atoms. The van der Waals surface area contributed by atoms with E-state index in [-0.39, 0.29) is 5.16 Å². The van der Waals surface area contributed by atoms with Gasteiger partial charge in [0, 0.05) is 15.8 Å². The summed E-state index contributed by atoms with van der Waals surface area (Å²) in [6.07, 6.45) is 4.49. The minimum Gasteiger partial charge on any atom is -0.313 e. The van der Waals surface area contributed by atoms with Crippen LogP contribution in [0.5, 0.6) is 0 Å². The number of hydrogen-bond donors (Lipinski definition) is 0. The van der Waals surface area contributed by atoms with E-state index in [2.05, 4.69) is 45.0 Å². The smallest absolute Gasteiger partial charge is 0.149 e. The maximum Gasteiger partial charge on any atom is 0.149 e. The summed E-state index contributed by atoms with van der Waals surface area (Å²) in [5, 5.41) is 1.93. The molecule has 0 amide bonds. The molecule has 0 unspecified atom stereocenters. The normalized spacial score (nSPS) is 24.9. The van der Waals surface area contributed by atoms with Gasteiger partial charge in [-0.25, -0.2) is 0 Å². The topological polar surface area (TPSA) is 17.1 Å². The van der Waals surface area contributed by atoms with Crippen molar-refractivity contribution in [3.05, 3.63) is 60.7 Å². The number of hydrogen-bond acceptors (Lipinski definition) is 1. The maximum atomic E-state index is 14.8. The first-order chi connectivity index (χ1) is 11.5. The molecule has 2 aromatic carbocycles. The Morgan fingerprint density at radius 1 is 0.875 bits per heavy atom. The monoisotopic (exact) mass is 340 g/mol. The fourth-order valence-corrected chi connectivity index (χ4v) is 8.58. The molecule has 128 valence electrons. The lowest BCUT2D eigenvalue weighted by Gasteiger charge is -2.48. The van der Waals surface area contributed by atoms with E-state index in [1.807, 2.05) is 36.4 Å². The zero-order chi connectivity index (χ0) is 17.2. The Morgan fingerprint density at radius 2 is 1.29 bits per heavy atom. The van der Waals surface area contributed by atoms with Gasteiger partial charge in [0.15, 0.2) is 0 Å². The van der Waals surface area contributed by atoms with Crippen molar-refractivity contribution in [1.82, 2.24) is 0 Å². The molecule has 1 nitrogen and oxygen atoms in total. The highest BCUT2D eigenvalue weighted by atomic mass is 31.2. The van der Waals surface area contributed by atoms with Gasteiger partial charge >= 0.3 is 0 Å². The lowest BCUT2D eigenvalue weighted by Crippen LogP contribution is -2.45. The highest BCUT2D eigenvalue weighted by Gasteiger charge is 2.52. The molecule has 1 fully saturated rings. The highest BCUT2D eigenvalue weighted by Crippen LogP contribution is 2.65. The van der Waals surface area contributed by atoms with Gasteiger partial charge in [-0.15, -0.1) is 0 Å². The van der Waals surface area contributed by atoms with Crippen LogP contribution in [-0.2, 0) is 4.57 Å². The summed E-state index contributed by atoms with van der Waals surface area (Å²) in [7, 11) is -2.71. The Hall–Kier alpha value is -1.33. The minimum atomic E-state index is -2.71. The molecule has 2 heteroatoms. The summed E-state index contributed by atoms with van der Waals surface area (Å²) < 4.78 is 14.8. The molecule has 0 aromatic heterocycles. The van der Waals surface area contributed by atoms with Crippen molar-refractivity contribution in [1.29, 1.82) is 0 Å². The molecule has 0 saturated heterocycles. The van der Waals surface area contributed by atoms with Gasteiger partial charge in [0.1, 0.15) is 7.14 Å². The molecular formula is C22H29OP. The predicted octanol–water partition coefficient (Wildman–Crippen LogP) is 5.61. The van der Waals surface area contributed by atoms with Gasteiger partial charge in [-0.1, -0.05) is 81.4 Å². The molecule has 2 aromatic rings. The second-order valence-corrected chi connectivity index (χ2v) is 10.9. The first-order valence-electron chi connectivity index (χ1n) is 9.22. The largest absolute Gasteiger partial charge is 0.313 e. The Balaban J connectivity index is 2.23. The van der Waals surface area contributed by atoms with E-state index in [0.29, 0.717) is 5.92 Å². The molecule has 0 bridgehead atoms. The average Bonchev–Trinajstić information content (AvgIpc) is 2.63. The number of benzene rings is 2. The van der Waals surface area contributed by atoms with Crippen molar-refractivity contribution in [2.75, 3.05) is 0 Å². The predicted molar refractivity (Wildman–Crippen MR) is 105 cm³/mol. The zero-order valence-corrected chi connectivity index (χ0v) is 16.0. The molecule has 0 aliphatic heterocycles. The van der Waals surface area contributed by atoms with Crippen molar-refractivity contribution < 1.29 is 4.57 Å². The summed E-state index contributed by atoms with van der Waals surface area (Å²) in [6, 6.07) is 20.5. The minimum absolute atomic E-state index is 0.123. The maximum absolute atomic E-state index is 14.8. The van der Waals surface area contributed by atoms with Crippen LogP contribution in [-0.4, -0.2) is 5.16 Å². The van der Waals surface area contributed by atoms with E-state index >= 15 is 0 Å². The molecule has 0 N–H and O–H groups in total. The van der Waals surface area contributed by atoms with E-state index in [9.17, 15) is 4.57 Å². The van der Waals surface area contributed by atoms with Crippen molar-refractivity contribution in [3.8, 4) is 0 Å². The zero-order valence-electron chi connectivity index (χ0n) is 15.1. The van der Waals surface area contributed by atoms with Gasteiger partial charge in [-0.05, 0) is 37.5 Å². The van der Waals surface area contributed by atoms with Crippen LogP contribution in [0.25, 0.3) is 0 Å². The van der Waals surface area contributed by atoms with Crippen LogP contribution in [0.2, 0.25) is 0 Å². The fraction of sp³-hybridized carbons (Fsp3) is 0.455. The fourth-order valence-electron chi connectivity index (χ4n) is 4.46. The molecule has 1 saturated carbocycles. The Morgan fingerprint density at radius 3 is 1.67 bits per heavy atom. The van der Waals surface area contributed by atoms with Crippen LogP contribution in [0, 0.1) is 11.8 Å². The second-order valence-electron chi connectivity index (χ2n) is 7.72. The van der Waals surface area contributed by atoms with Gasteiger partial charge in [-0.3, -0.25) is 0 Å². The molecule has 1 aliphatic carbocycles. The molecule has 0 heterocycles. The molecule has 1 aliphatic rings. The third-order valence-electron chi connectivity index (χ3n) is 6.08. The van der Waals surface area contributed by atoms with E-state index in [1.165, 1.54) is 12.8 Å². The van der Waals surface area contributed by atoms with Crippen molar-refractivity contribution in [3.63, 3.8) is 0 Å². The third kappa shape index (κ3) is 2.78. The summed E-state index contributed by atoms with van der Waals surface area (Å²) in [6.45, 7) is 6.88. The lowest BCUT2D eigenvalue weighted by molar-refractivity contribution is 0.256. The Bertz CT molecular complexity index is 654. The van der Waals surface area contributed by atoms with Crippen LogP contribution < -0.4 is 10.6 Å². The van der Waals surface area contributed by atoms with Gasteiger partial charge in [0.25, 0.3) is 0 Å². The highest BCUT2D eigenvalue weighted by molar-refractivity contribution is 7.80. The van der Waals surface area contributed by atoms with Crippen molar-refractivity contribution in [2.24, 2.45) is 11.8 Å². The van der Waals surface area contributed by atoms with E-state index in [1.54, 1.807) is 0 Å². The van der Waals surface area contributed by atoms with Crippen molar-refractivity contribution >= 4 is 17.8 Å². The van der Waals surface area contributed by atoms with Gasteiger partial charge < -0.3 is 4.57 Å². The lowest BCUT2D eigenvalue weighted by atomic mass is 9.76. The summed E-state index contributed by atoms with van der Waals surface area (Å²) in [5.41, 5.74) is 0. The average molecular weight is 340 g/mol. The van der Waals surface area contributed by atoms with E-state index in [0.717, 1.165) is 29.4 Å². The van der Waals surface area contributed by atoms with E-state index in [4.69, 9.17) is 0 Å². The first kappa shape index (κ1) is 17.5. The summed E-state index contributed by atoms with van der Waals surface area (Å²) >= 11 is 0. The third-order valence-corrected chi connectivity index (χ3v) is 10.4.